The first kappa shape index (κ1) is 26.4. The van der Waals surface area contributed by atoms with Gasteiger partial charge in [0, 0.05) is 36.9 Å². The number of oxazole rings is 1. The number of hydrogen-bond acceptors (Lipinski definition) is 6. The van der Waals surface area contributed by atoms with E-state index in [-0.39, 0.29) is 0 Å². The third-order valence-corrected chi connectivity index (χ3v) is 9.39. The molecule has 0 atom stereocenters. The zero-order valence-electron chi connectivity index (χ0n) is 24.5. The Morgan fingerprint density at radius 2 is 0.957 bits per heavy atom. The van der Waals surface area contributed by atoms with Gasteiger partial charge in [-0.05, 0) is 35.4 Å². The summed E-state index contributed by atoms with van der Waals surface area (Å²) in [7, 11) is 0. The van der Waals surface area contributed by atoms with E-state index < -0.39 is 0 Å². The molecule has 0 bridgehead atoms. The highest BCUT2D eigenvalue weighted by molar-refractivity contribution is 7.26. The van der Waals surface area contributed by atoms with Crippen molar-refractivity contribution in [2.45, 2.75) is 0 Å². The average molecular weight is 609 g/mol. The van der Waals surface area contributed by atoms with Crippen LogP contribution in [-0.2, 0) is 0 Å². The van der Waals surface area contributed by atoms with Crippen molar-refractivity contribution < 1.29 is 4.42 Å². The van der Waals surface area contributed by atoms with Gasteiger partial charge in [0.1, 0.15) is 5.52 Å². The molecule has 6 heteroatoms. The minimum absolute atomic E-state index is 0.554. The molecule has 0 N–H and O–H groups in total. The summed E-state index contributed by atoms with van der Waals surface area (Å²) in [6.45, 7) is 0. The number of nitrogens with zero attached hydrogens (tertiary/aromatic N) is 4. The van der Waals surface area contributed by atoms with Gasteiger partial charge in [0.15, 0.2) is 23.1 Å². The summed E-state index contributed by atoms with van der Waals surface area (Å²) in [5, 5.41) is 2.25. The van der Waals surface area contributed by atoms with Crippen molar-refractivity contribution in [2.24, 2.45) is 0 Å². The van der Waals surface area contributed by atoms with Crippen LogP contribution in [0.25, 0.3) is 88.0 Å². The summed E-state index contributed by atoms with van der Waals surface area (Å²) in [4.78, 5) is 20.3. The smallest absolute Gasteiger partial charge is 0.227 e. The van der Waals surface area contributed by atoms with E-state index in [9.17, 15) is 0 Å². The van der Waals surface area contributed by atoms with Crippen molar-refractivity contribution in [1.82, 2.24) is 19.9 Å². The van der Waals surface area contributed by atoms with E-state index >= 15 is 0 Å². The molecule has 3 heterocycles. The Bertz CT molecular complexity index is 2450. The number of thiophene rings is 1. The zero-order chi connectivity index (χ0) is 30.5. The van der Waals surface area contributed by atoms with Gasteiger partial charge in [0.05, 0.1) is 5.56 Å². The second-order valence-corrected chi connectivity index (χ2v) is 12.1. The lowest BCUT2D eigenvalue weighted by molar-refractivity contribution is 0.620. The van der Waals surface area contributed by atoms with Gasteiger partial charge in [0.2, 0.25) is 5.89 Å². The molecule has 0 aliphatic heterocycles. The van der Waals surface area contributed by atoms with Gasteiger partial charge < -0.3 is 4.42 Å². The van der Waals surface area contributed by atoms with E-state index in [4.69, 9.17) is 24.4 Å². The molecule has 0 saturated heterocycles. The first-order valence-corrected chi connectivity index (χ1v) is 15.9. The molecule has 5 nitrogen and oxygen atoms in total. The molecular weight excluding hydrogens is 585 g/mol. The van der Waals surface area contributed by atoms with Crippen LogP contribution in [0.3, 0.4) is 0 Å². The Morgan fingerprint density at radius 1 is 0.435 bits per heavy atom. The Hall–Kier alpha value is -5.98. The molecule has 0 amide bonds. The number of aromatic nitrogens is 4. The third kappa shape index (κ3) is 4.55. The van der Waals surface area contributed by atoms with Crippen LogP contribution in [0.4, 0.5) is 0 Å². The van der Waals surface area contributed by atoms with Gasteiger partial charge >= 0.3 is 0 Å². The molecule has 0 saturated carbocycles. The zero-order valence-corrected chi connectivity index (χ0v) is 25.3. The van der Waals surface area contributed by atoms with Crippen LogP contribution in [0, 0.1) is 0 Å². The molecule has 3 aromatic heterocycles. The summed E-state index contributed by atoms with van der Waals surface area (Å²) in [6, 6.07) is 49.3. The predicted molar refractivity (Wildman–Crippen MR) is 187 cm³/mol. The van der Waals surface area contributed by atoms with Crippen molar-refractivity contribution in [3.05, 3.63) is 146 Å². The van der Waals surface area contributed by atoms with E-state index in [1.54, 1.807) is 11.3 Å². The van der Waals surface area contributed by atoms with Gasteiger partial charge in [-0.2, -0.15) is 0 Å². The second-order valence-electron chi connectivity index (χ2n) is 11.1. The molecule has 216 valence electrons. The van der Waals surface area contributed by atoms with E-state index in [0.717, 1.165) is 48.8 Å². The van der Waals surface area contributed by atoms with E-state index in [0.29, 0.717) is 28.9 Å². The van der Waals surface area contributed by atoms with Crippen LogP contribution >= 0.6 is 11.3 Å². The van der Waals surface area contributed by atoms with Crippen molar-refractivity contribution in [2.75, 3.05) is 0 Å². The summed E-state index contributed by atoms with van der Waals surface area (Å²) < 4.78 is 8.79. The van der Waals surface area contributed by atoms with Crippen LogP contribution in [0.2, 0.25) is 0 Å². The molecule has 46 heavy (non-hydrogen) atoms. The van der Waals surface area contributed by atoms with Crippen LogP contribution in [-0.4, -0.2) is 19.9 Å². The van der Waals surface area contributed by atoms with E-state index in [1.165, 1.54) is 10.3 Å². The van der Waals surface area contributed by atoms with E-state index in [1.807, 2.05) is 66.7 Å². The Kier molecular flexibility index (Phi) is 6.25. The van der Waals surface area contributed by atoms with Gasteiger partial charge in [-0.25, -0.2) is 19.9 Å². The normalized spacial score (nSPS) is 11.5. The maximum Gasteiger partial charge on any atom is 0.227 e. The number of benzene rings is 6. The highest BCUT2D eigenvalue weighted by Crippen LogP contribution is 2.44. The lowest BCUT2D eigenvalue weighted by Crippen LogP contribution is -2.00. The minimum Gasteiger partial charge on any atom is -0.436 e. The third-order valence-electron chi connectivity index (χ3n) is 8.19. The molecule has 9 aromatic rings. The topological polar surface area (TPSA) is 64.7 Å². The molecule has 0 radical (unpaired) electrons. The average Bonchev–Trinajstić information content (AvgIpc) is 3.73. The largest absolute Gasteiger partial charge is 0.436 e. The lowest BCUT2D eigenvalue weighted by atomic mass is 10.0. The first-order chi connectivity index (χ1) is 22.8. The molecule has 0 fully saturated rings. The monoisotopic (exact) mass is 608 g/mol. The van der Waals surface area contributed by atoms with Gasteiger partial charge in [0.25, 0.3) is 0 Å². The van der Waals surface area contributed by atoms with Gasteiger partial charge in [-0.15, -0.1) is 11.3 Å². The van der Waals surface area contributed by atoms with Gasteiger partial charge in [-0.1, -0.05) is 121 Å². The van der Waals surface area contributed by atoms with Crippen molar-refractivity contribution in [3.63, 3.8) is 0 Å². The fourth-order valence-electron chi connectivity index (χ4n) is 5.93. The molecular formula is C40H24N4OS. The van der Waals surface area contributed by atoms with Crippen LogP contribution in [0.1, 0.15) is 0 Å². The maximum atomic E-state index is 6.54. The summed E-state index contributed by atoms with van der Waals surface area (Å²) >= 11 is 1.72. The molecule has 9 rings (SSSR count). The number of hydrogen-bond donors (Lipinski definition) is 0. The molecule has 0 aliphatic carbocycles. The van der Waals surface area contributed by atoms with E-state index in [2.05, 4.69) is 78.9 Å². The van der Waals surface area contributed by atoms with Crippen molar-refractivity contribution in [3.8, 4) is 56.7 Å². The molecule has 0 unspecified atom stereocenters. The summed E-state index contributed by atoms with van der Waals surface area (Å²) in [6.07, 6.45) is 0. The van der Waals surface area contributed by atoms with Gasteiger partial charge in [-0.3, -0.25) is 0 Å². The number of rotatable bonds is 5. The highest BCUT2D eigenvalue weighted by atomic mass is 32.1. The highest BCUT2D eigenvalue weighted by Gasteiger charge is 2.23. The Labute approximate surface area is 268 Å². The SMILES string of the molecule is c1ccc(-c2ccc(-c3nc4c(-c5nc(-c6ccccc6)nc(-c6ccccc6)n5)c5sc6ccccc6c5cc4o3)cc2)cc1. The van der Waals surface area contributed by atoms with Crippen molar-refractivity contribution >= 4 is 42.6 Å². The van der Waals surface area contributed by atoms with Crippen LogP contribution in [0.15, 0.2) is 150 Å². The fraction of sp³-hybridized carbons (Fsp3) is 0. The predicted octanol–water partition coefficient (Wildman–Crippen LogP) is 10.7. The maximum absolute atomic E-state index is 6.54. The molecule has 0 aliphatic rings. The molecule has 6 aromatic carbocycles. The lowest BCUT2D eigenvalue weighted by Gasteiger charge is -2.09. The van der Waals surface area contributed by atoms with Crippen LogP contribution in [0.5, 0.6) is 0 Å². The van der Waals surface area contributed by atoms with Crippen molar-refractivity contribution in [1.29, 1.82) is 0 Å². The minimum atomic E-state index is 0.554. The Balaban J connectivity index is 1.30. The quantitative estimate of drug-likeness (QED) is 0.194. The Morgan fingerprint density at radius 3 is 1.61 bits per heavy atom. The molecule has 0 spiro atoms. The first-order valence-electron chi connectivity index (χ1n) is 15.1. The number of fused-ring (bicyclic) bond motifs is 4. The second kappa shape index (κ2) is 10.9. The fourth-order valence-corrected chi connectivity index (χ4v) is 7.15. The summed E-state index contributed by atoms with van der Waals surface area (Å²) in [5.74, 6) is 2.33. The standard InChI is InChI=1S/C40H24N4OS/c1-4-12-25(13-5-1)26-20-22-29(23-21-26)40-41-35-32(45-40)24-31-30-18-10-11-19-33(30)46-36(31)34(35)39-43-37(27-14-6-2-7-15-27)42-38(44-39)28-16-8-3-9-17-28/h1-24H. The van der Waals surface area contributed by atoms with Crippen LogP contribution < -0.4 is 0 Å². The summed E-state index contributed by atoms with van der Waals surface area (Å²) in [5.41, 5.74) is 7.31.